The molecule has 13 heavy (non-hydrogen) atoms. The van der Waals surface area contributed by atoms with Crippen molar-refractivity contribution in [2.24, 2.45) is 0 Å². The molecule has 2 nitrogen and oxygen atoms in total. The summed E-state index contributed by atoms with van der Waals surface area (Å²) >= 11 is 4.20. The lowest BCUT2D eigenvalue weighted by Crippen LogP contribution is -2.37. The summed E-state index contributed by atoms with van der Waals surface area (Å²) in [5.41, 5.74) is 1.17. The molecular weight excluding hydrogens is 182 g/mol. The highest BCUT2D eigenvalue weighted by Gasteiger charge is 2.27. The minimum Gasteiger partial charge on any atom is -0.377 e. The summed E-state index contributed by atoms with van der Waals surface area (Å²) in [6.07, 6.45) is 1.50. The second kappa shape index (κ2) is 5.03. The van der Waals surface area contributed by atoms with Crippen molar-refractivity contribution in [3.8, 4) is 0 Å². The highest BCUT2D eigenvalue weighted by Crippen LogP contribution is 2.18. The molecule has 0 aromatic carbocycles. The van der Waals surface area contributed by atoms with Crippen LogP contribution in [0.2, 0.25) is 0 Å². The third-order valence-corrected chi connectivity index (χ3v) is 3.05. The molecule has 0 radical (unpaired) electrons. The number of hydrogen-bond acceptors (Lipinski definition) is 3. The standard InChI is InChI=1S/C10H19NOS/c1-8(7-13)6-11(3)10-4-5-12-9(10)2/h9-10,13H,1,4-7H2,2-3H3. The SMILES string of the molecule is C=C(CS)CN(C)C1CCOC1C. The van der Waals surface area contributed by atoms with Crippen LogP contribution in [0.4, 0.5) is 0 Å². The van der Waals surface area contributed by atoms with Gasteiger partial charge in [-0.3, -0.25) is 4.90 Å². The quantitative estimate of drug-likeness (QED) is 0.548. The second-order valence-corrected chi connectivity index (χ2v) is 4.07. The third-order valence-electron chi connectivity index (χ3n) is 2.60. The molecule has 0 aliphatic carbocycles. The van der Waals surface area contributed by atoms with E-state index in [9.17, 15) is 0 Å². The van der Waals surface area contributed by atoms with Gasteiger partial charge in [-0.05, 0) is 20.4 Å². The minimum atomic E-state index is 0.359. The van der Waals surface area contributed by atoms with Crippen molar-refractivity contribution in [2.75, 3.05) is 26.0 Å². The lowest BCUT2D eigenvalue weighted by molar-refractivity contribution is 0.0867. The van der Waals surface area contributed by atoms with Crippen molar-refractivity contribution in [3.63, 3.8) is 0 Å². The summed E-state index contributed by atoms with van der Waals surface area (Å²) in [6, 6.07) is 0.552. The van der Waals surface area contributed by atoms with Crippen molar-refractivity contribution in [3.05, 3.63) is 12.2 Å². The van der Waals surface area contributed by atoms with E-state index in [1.54, 1.807) is 0 Å². The Morgan fingerprint density at radius 2 is 2.38 bits per heavy atom. The van der Waals surface area contributed by atoms with Gasteiger partial charge in [0, 0.05) is 24.9 Å². The number of rotatable bonds is 4. The smallest absolute Gasteiger partial charge is 0.0703 e. The maximum Gasteiger partial charge on any atom is 0.0703 e. The topological polar surface area (TPSA) is 12.5 Å². The Morgan fingerprint density at radius 1 is 1.69 bits per heavy atom. The van der Waals surface area contributed by atoms with Crippen molar-refractivity contribution >= 4 is 12.6 Å². The van der Waals surface area contributed by atoms with Crippen LogP contribution in [0.25, 0.3) is 0 Å². The van der Waals surface area contributed by atoms with Gasteiger partial charge in [0.2, 0.25) is 0 Å². The first-order valence-corrected chi connectivity index (χ1v) is 5.37. The molecule has 0 spiro atoms. The molecule has 2 unspecified atom stereocenters. The highest BCUT2D eigenvalue weighted by molar-refractivity contribution is 7.80. The average molecular weight is 201 g/mol. The molecule has 0 saturated carbocycles. The van der Waals surface area contributed by atoms with Gasteiger partial charge in [-0.15, -0.1) is 0 Å². The molecule has 3 heteroatoms. The summed E-state index contributed by atoms with van der Waals surface area (Å²) in [4.78, 5) is 2.32. The fourth-order valence-electron chi connectivity index (χ4n) is 1.82. The number of thiol groups is 1. The van der Waals surface area contributed by atoms with Crippen LogP contribution < -0.4 is 0 Å². The fourth-order valence-corrected chi connectivity index (χ4v) is 1.92. The van der Waals surface area contributed by atoms with Gasteiger partial charge in [0.25, 0.3) is 0 Å². The third kappa shape index (κ3) is 3.01. The summed E-state index contributed by atoms with van der Waals surface area (Å²) in [6.45, 7) is 7.91. The Bertz CT molecular complexity index is 184. The molecule has 1 heterocycles. The normalized spacial score (nSPS) is 28.3. The van der Waals surface area contributed by atoms with Gasteiger partial charge in [-0.25, -0.2) is 0 Å². The van der Waals surface area contributed by atoms with Crippen molar-refractivity contribution in [2.45, 2.75) is 25.5 Å². The monoisotopic (exact) mass is 201 g/mol. The van der Waals surface area contributed by atoms with E-state index in [0.29, 0.717) is 12.1 Å². The van der Waals surface area contributed by atoms with Gasteiger partial charge in [0.1, 0.15) is 0 Å². The number of likely N-dealkylation sites (N-methyl/N-ethyl adjacent to an activating group) is 1. The maximum absolute atomic E-state index is 5.51. The molecule has 1 fully saturated rings. The van der Waals surface area contributed by atoms with Gasteiger partial charge in [0.15, 0.2) is 0 Å². The predicted molar refractivity (Wildman–Crippen MR) is 59.4 cm³/mol. The molecule has 2 atom stereocenters. The molecule has 1 saturated heterocycles. The first-order valence-electron chi connectivity index (χ1n) is 4.74. The van der Waals surface area contributed by atoms with Crippen LogP contribution in [0.1, 0.15) is 13.3 Å². The van der Waals surface area contributed by atoms with E-state index in [2.05, 4.69) is 38.1 Å². The maximum atomic E-state index is 5.51. The van der Waals surface area contributed by atoms with Gasteiger partial charge < -0.3 is 4.74 Å². The van der Waals surface area contributed by atoms with Crippen LogP contribution >= 0.6 is 12.6 Å². The summed E-state index contributed by atoms with van der Waals surface area (Å²) in [5.74, 6) is 0.770. The summed E-state index contributed by atoms with van der Waals surface area (Å²) in [7, 11) is 2.13. The van der Waals surface area contributed by atoms with Gasteiger partial charge in [-0.1, -0.05) is 12.2 Å². The largest absolute Gasteiger partial charge is 0.377 e. The Kier molecular flexibility index (Phi) is 4.29. The first-order chi connectivity index (χ1) is 6.15. The molecule has 0 aromatic rings. The van der Waals surface area contributed by atoms with Gasteiger partial charge in [0.05, 0.1) is 6.10 Å². The Hall–Kier alpha value is 0.01000. The van der Waals surface area contributed by atoms with Crippen LogP contribution in [0.3, 0.4) is 0 Å². The molecule has 1 rings (SSSR count). The van der Waals surface area contributed by atoms with E-state index in [1.165, 1.54) is 5.57 Å². The molecule has 0 amide bonds. The van der Waals surface area contributed by atoms with Crippen LogP contribution in [0.15, 0.2) is 12.2 Å². The summed E-state index contributed by atoms with van der Waals surface area (Å²) in [5, 5.41) is 0. The van der Waals surface area contributed by atoms with Crippen LogP contribution in [0, 0.1) is 0 Å². The van der Waals surface area contributed by atoms with E-state index < -0.39 is 0 Å². The predicted octanol–water partition coefficient (Wildman–Crippen LogP) is 1.58. The molecule has 0 bridgehead atoms. The average Bonchev–Trinajstić information content (AvgIpc) is 2.51. The zero-order valence-corrected chi connectivity index (χ0v) is 9.39. The fraction of sp³-hybridized carbons (Fsp3) is 0.800. The molecule has 1 aliphatic heterocycles. The van der Waals surface area contributed by atoms with Crippen LogP contribution in [0.5, 0.6) is 0 Å². The van der Waals surface area contributed by atoms with E-state index in [4.69, 9.17) is 4.74 Å². The van der Waals surface area contributed by atoms with Crippen molar-refractivity contribution in [1.29, 1.82) is 0 Å². The first kappa shape index (κ1) is 11.1. The number of nitrogens with zero attached hydrogens (tertiary/aromatic N) is 1. The van der Waals surface area contributed by atoms with Gasteiger partial charge >= 0.3 is 0 Å². The van der Waals surface area contributed by atoms with E-state index in [1.807, 2.05) is 0 Å². The molecule has 76 valence electrons. The van der Waals surface area contributed by atoms with Crippen LogP contribution in [-0.2, 0) is 4.74 Å². The van der Waals surface area contributed by atoms with E-state index in [0.717, 1.165) is 25.3 Å². The lowest BCUT2D eigenvalue weighted by Gasteiger charge is -2.26. The lowest BCUT2D eigenvalue weighted by atomic mass is 10.1. The Morgan fingerprint density at radius 3 is 2.85 bits per heavy atom. The second-order valence-electron chi connectivity index (χ2n) is 3.76. The van der Waals surface area contributed by atoms with E-state index >= 15 is 0 Å². The molecule has 0 N–H and O–H groups in total. The highest BCUT2D eigenvalue weighted by atomic mass is 32.1. The zero-order chi connectivity index (χ0) is 9.84. The van der Waals surface area contributed by atoms with Crippen molar-refractivity contribution < 1.29 is 4.74 Å². The van der Waals surface area contributed by atoms with Gasteiger partial charge in [-0.2, -0.15) is 12.6 Å². The minimum absolute atomic E-state index is 0.359. The molecule has 1 aliphatic rings. The number of hydrogen-bond donors (Lipinski definition) is 1. The van der Waals surface area contributed by atoms with Crippen LogP contribution in [-0.4, -0.2) is 43.0 Å². The summed E-state index contributed by atoms with van der Waals surface area (Å²) < 4.78 is 5.51. The number of ether oxygens (including phenoxy) is 1. The molecule has 0 aromatic heterocycles. The Labute approximate surface area is 86.4 Å². The van der Waals surface area contributed by atoms with Crippen molar-refractivity contribution in [1.82, 2.24) is 4.90 Å². The Balaban J connectivity index is 2.38. The molecular formula is C10H19NOS. The zero-order valence-electron chi connectivity index (χ0n) is 8.49. The van der Waals surface area contributed by atoms with E-state index in [-0.39, 0.29) is 0 Å².